The topological polar surface area (TPSA) is 21.8 Å². The molecule has 1 aliphatic heterocycles. The van der Waals surface area contributed by atoms with Crippen molar-refractivity contribution in [3.05, 3.63) is 28.8 Å². The SMILES string of the molecule is CCC1OC1C(C)Cc1ccc(OC)c(Cl)c1. The highest BCUT2D eigenvalue weighted by Gasteiger charge is 2.40. The summed E-state index contributed by atoms with van der Waals surface area (Å²) in [6.07, 6.45) is 3.02. The molecule has 1 heterocycles. The van der Waals surface area contributed by atoms with E-state index in [0.717, 1.165) is 18.6 Å². The van der Waals surface area contributed by atoms with Crippen LogP contribution in [0, 0.1) is 5.92 Å². The average Bonchev–Trinajstić information content (AvgIpc) is 3.08. The second-order valence-corrected chi connectivity index (χ2v) is 5.10. The van der Waals surface area contributed by atoms with Gasteiger partial charge in [-0.15, -0.1) is 0 Å². The third kappa shape index (κ3) is 2.93. The predicted molar refractivity (Wildman–Crippen MR) is 69.8 cm³/mol. The molecular weight excluding hydrogens is 236 g/mol. The van der Waals surface area contributed by atoms with Gasteiger partial charge in [-0.3, -0.25) is 0 Å². The zero-order valence-corrected chi connectivity index (χ0v) is 11.3. The Morgan fingerprint density at radius 2 is 2.24 bits per heavy atom. The summed E-state index contributed by atoms with van der Waals surface area (Å²) in [5.74, 6) is 1.28. The number of rotatable bonds is 5. The highest BCUT2D eigenvalue weighted by Crippen LogP contribution is 2.34. The molecule has 2 nitrogen and oxygen atoms in total. The van der Waals surface area contributed by atoms with E-state index < -0.39 is 0 Å². The maximum absolute atomic E-state index is 6.11. The minimum absolute atomic E-state index is 0.431. The van der Waals surface area contributed by atoms with Crippen molar-refractivity contribution in [2.75, 3.05) is 7.11 Å². The lowest BCUT2D eigenvalue weighted by Crippen LogP contribution is -2.09. The zero-order valence-electron chi connectivity index (χ0n) is 10.6. The lowest BCUT2D eigenvalue weighted by atomic mass is 9.96. The van der Waals surface area contributed by atoms with E-state index in [0.29, 0.717) is 23.1 Å². The van der Waals surface area contributed by atoms with Crippen LogP contribution >= 0.6 is 11.6 Å². The summed E-state index contributed by atoms with van der Waals surface area (Å²) >= 11 is 6.11. The van der Waals surface area contributed by atoms with Gasteiger partial charge in [-0.05, 0) is 36.5 Å². The van der Waals surface area contributed by atoms with Crippen molar-refractivity contribution < 1.29 is 9.47 Å². The highest BCUT2D eigenvalue weighted by molar-refractivity contribution is 6.32. The summed E-state index contributed by atoms with van der Waals surface area (Å²) in [5, 5.41) is 0.681. The molecule has 0 amide bonds. The number of epoxide rings is 1. The van der Waals surface area contributed by atoms with Gasteiger partial charge in [0.15, 0.2) is 0 Å². The Kier molecular flexibility index (Phi) is 3.95. The third-order valence-corrected chi connectivity index (χ3v) is 3.65. The van der Waals surface area contributed by atoms with Crippen molar-refractivity contribution in [1.82, 2.24) is 0 Å². The van der Waals surface area contributed by atoms with Crippen LogP contribution in [0.1, 0.15) is 25.8 Å². The molecule has 0 saturated carbocycles. The fraction of sp³-hybridized carbons (Fsp3) is 0.571. The highest BCUT2D eigenvalue weighted by atomic mass is 35.5. The Balaban J connectivity index is 1.97. The van der Waals surface area contributed by atoms with Crippen LogP contribution in [0.25, 0.3) is 0 Å². The van der Waals surface area contributed by atoms with Crippen molar-refractivity contribution in [2.24, 2.45) is 5.92 Å². The van der Waals surface area contributed by atoms with E-state index in [4.69, 9.17) is 21.1 Å². The van der Waals surface area contributed by atoms with Gasteiger partial charge in [0, 0.05) is 0 Å². The molecule has 1 fully saturated rings. The molecule has 3 unspecified atom stereocenters. The third-order valence-electron chi connectivity index (χ3n) is 3.36. The summed E-state index contributed by atoms with van der Waals surface area (Å²) in [4.78, 5) is 0. The van der Waals surface area contributed by atoms with Gasteiger partial charge in [-0.25, -0.2) is 0 Å². The van der Waals surface area contributed by atoms with Gasteiger partial charge < -0.3 is 9.47 Å². The molecule has 17 heavy (non-hydrogen) atoms. The molecule has 0 radical (unpaired) electrons. The van der Waals surface area contributed by atoms with E-state index in [1.54, 1.807) is 7.11 Å². The van der Waals surface area contributed by atoms with Crippen molar-refractivity contribution in [1.29, 1.82) is 0 Å². The summed E-state index contributed by atoms with van der Waals surface area (Å²) in [7, 11) is 1.63. The normalized spacial score (nSPS) is 24.5. The van der Waals surface area contributed by atoms with Gasteiger partial charge in [0.2, 0.25) is 0 Å². The Morgan fingerprint density at radius 1 is 1.47 bits per heavy atom. The second-order valence-electron chi connectivity index (χ2n) is 4.70. The summed E-state index contributed by atoms with van der Waals surface area (Å²) in [6.45, 7) is 4.40. The molecule has 2 rings (SSSR count). The first-order chi connectivity index (χ1) is 8.15. The summed E-state index contributed by atoms with van der Waals surface area (Å²) in [5.41, 5.74) is 1.24. The van der Waals surface area contributed by atoms with Gasteiger partial charge in [-0.1, -0.05) is 31.5 Å². The number of benzene rings is 1. The van der Waals surface area contributed by atoms with Crippen LogP contribution in [0.5, 0.6) is 5.75 Å². The standard InChI is InChI=1S/C14H19ClO2/c1-4-12-14(17-12)9(2)7-10-5-6-13(16-3)11(15)8-10/h5-6,8-9,12,14H,4,7H2,1-3H3. The fourth-order valence-electron chi connectivity index (χ4n) is 2.31. The average molecular weight is 255 g/mol. The van der Waals surface area contributed by atoms with Crippen LogP contribution in [0.4, 0.5) is 0 Å². The molecule has 0 spiro atoms. The van der Waals surface area contributed by atoms with E-state index in [-0.39, 0.29) is 0 Å². The number of hydrogen-bond acceptors (Lipinski definition) is 2. The lowest BCUT2D eigenvalue weighted by molar-refractivity contribution is 0.322. The van der Waals surface area contributed by atoms with E-state index in [1.807, 2.05) is 12.1 Å². The Bertz CT molecular complexity index is 392. The molecule has 1 aliphatic rings. The smallest absolute Gasteiger partial charge is 0.137 e. The first-order valence-electron chi connectivity index (χ1n) is 6.13. The maximum atomic E-state index is 6.11. The first-order valence-corrected chi connectivity index (χ1v) is 6.51. The van der Waals surface area contributed by atoms with Gasteiger partial charge in [-0.2, -0.15) is 0 Å². The Labute approximate surface area is 108 Å². The van der Waals surface area contributed by atoms with E-state index in [2.05, 4.69) is 19.9 Å². The molecule has 0 aliphatic carbocycles. The fourth-order valence-corrected chi connectivity index (χ4v) is 2.59. The summed E-state index contributed by atoms with van der Waals surface area (Å²) < 4.78 is 10.8. The molecule has 0 bridgehead atoms. The quantitative estimate of drug-likeness (QED) is 0.748. The number of ether oxygens (including phenoxy) is 2. The molecule has 94 valence electrons. The second kappa shape index (κ2) is 5.28. The largest absolute Gasteiger partial charge is 0.495 e. The van der Waals surface area contributed by atoms with Crippen LogP contribution in [-0.4, -0.2) is 19.3 Å². The molecule has 0 aromatic heterocycles. The molecule has 1 aromatic carbocycles. The van der Waals surface area contributed by atoms with Crippen LogP contribution < -0.4 is 4.74 Å². The zero-order chi connectivity index (χ0) is 12.4. The maximum Gasteiger partial charge on any atom is 0.137 e. The number of methoxy groups -OCH3 is 1. The number of halogens is 1. The molecule has 3 heteroatoms. The summed E-state index contributed by atoms with van der Waals surface area (Å²) in [6, 6.07) is 5.99. The minimum Gasteiger partial charge on any atom is -0.495 e. The van der Waals surface area contributed by atoms with Crippen LogP contribution in [0.15, 0.2) is 18.2 Å². The van der Waals surface area contributed by atoms with Crippen molar-refractivity contribution in [2.45, 2.75) is 38.9 Å². The van der Waals surface area contributed by atoms with Crippen LogP contribution in [0.2, 0.25) is 5.02 Å². The van der Waals surface area contributed by atoms with Gasteiger partial charge in [0.05, 0.1) is 24.3 Å². The Hall–Kier alpha value is -0.730. The lowest BCUT2D eigenvalue weighted by Gasteiger charge is -2.10. The van der Waals surface area contributed by atoms with Crippen molar-refractivity contribution in [3.63, 3.8) is 0 Å². The molecule has 1 aromatic rings. The van der Waals surface area contributed by atoms with Gasteiger partial charge >= 0.3 is 0 Å². The van der Waals surface area contributed by atoms with E-state index in [1.165, 1.54) is 5.56 Å². The van der Waals surface area contributed by atoms with Crippen LogP contribution in [-0.2, 0) is 11.2 Å². The van der Waals surface area contributed by atoms with Gasteiger partial charge in [0.25, 0.3) is 0 Å². The molecular formula is C14H19ClO2. The first kappa shape index (κ1) is 12.7. The number of hydrogen-bond donors (Lipinski definition) is 0. The molecule has 3 atom stereocenters. The molecule has 0 N–H and O–H groups in total. The van der Waals surface area contributed by atoms with Crippen molar-refractivity contribution >= 4 is 11.6 Å². The minimum atomic E-state index is 0.431. The Morgan fingerprint density at radius 3 is 2.76 bits per heavy atom. The van der Waals surface area contributed by atoms with E-state index >= 15 is 0 Å². The van der Waals surface area contributed by atoms with E-state index in [9.17, 15) is 0 Å². The van der Waals surface area contributed by atoms with Crippen LogP contribution in [0.3, 0.4) is 0 Å². The van der Waals surface area contributed by atoms with Gasteiger partial charge in [0.1, 0.15) is 5.75 Å². The predicted octanol–water partition coefficient (Wildman–Crippen LogP) is 3.70. The van der Waals surface area contributed by atoms with Crippen molar-refractivity contribution in [3.8, 4) is 5.75 Å². The monoisotopic (exact) mass is 254 g/mol. The molecule has 1 saturated heterocycles.